The topological polar surface area (TPSA) is 82.3 Å². The van der Waals surface area contributed by atoms with Crippen LogP contribution in [0.4, 0.5) is 0 Å². The summed E-state index contributed by atoms with van der Waals surface area (Å²) in [5, 5.41) is 2.77. The van der Waals surface area contributed by atoms with Crippen molar-refractivity contribution >= 4 is 12.0 Å². The first-order valence-electron chi connectivity index (χ1n) is 8.83. The summed E-state index contributed by atoms with van der Waals surface area (Å²) in [5.41, 5.74) is -0.530. The highest BCUT2D eigenvalue weighted by Crippen LogP contribution is 2.20. The van der Waals surface area contributed by atoms with Crippen LogP contribution >= 0.6 is 0 Å². The van der Waals surface area contributed by atoms with Gasteiger partial charge in [-0.3, -0.25) is 14.2 Å². The smallest absolute Gasteiger partial charge is 0.330 e. The van der Waals surface area contributed by atoms with E-state index in [1.54, 1.807) is 7.05 Å². The molecule has 0 unspecified atom stereocenters. The molecule has 1 aliphatic rings. The lowest BCUT2D eigenvalue weighted by Gasteiger charge is -2.21. The Morgan fingerprint density at radius 3 is 2.72 bits per heavy atom. The van der Waals surface area contributed by atoms with Gasteiger partial charge in [-0.15, -0.1) is 0 Å². The van der Waals surface area contributed by atoms with Crippen LogP contribution in [0, 0.1) is 0 Å². The number of nitrogens with zero attached hydrogens (tertiary/aromatic N) is 2. The van der Waals surface area contributed by atoms with Crippen molar-refractivity contribution in [3.63, 3.8) is 0 Å². The average Bonchev–Trinajstić information content (AvgIpc) is 2.62. The molecule has 1 aliphatic carbocycles. The van der Waals surface area contributed by atoms with Crippen LogP contribution in [0.1, 0.15) is 44.1 Å². The van der Waals surface area contributed by atoms with Crippen molar-refractivity contribution in [1.82, 2.24) is 14.5 Å². The number of carbonyl (C=O) groups excluding carboxylic acids is 1. The van der Waals surface area contributed by atoms with Crippen molar-refractivity contribution in [2.24, 2.45) is 14.1 Å². The third kappa shape index (κ3) is 5.70. The van der Waals surface area contributed by atoms with Crippen LogP contribution in [0.5, 0.6) is 0 Å². The first-order valence-corrected chi connectivity index (χ1v) is 8.83. The molecule has 1 aromatic heterocycles. The van der Waals surface area contributed by atoms with Crippen molar-refractivity contribution in [2.75, 3.05) is 13.2 Å². The van der Waals surface area contributed by atoms with E-state index in [9.17, 15) is 14.4 Å². The maximum atomic E-state index is 12.0. The highest BCUT2D eigenvalue weighted by Gasteiger charge is 2.13. The molecule has 25 heavy (non-hydrogen) atoms. The molecule has 0 aliphatic heterocycles. The lowest BCUT2D eigenvalue weighted by atomic mass is 9.98. The summed E-state index contributed by atoms with van der Waals surface area (Å²) >= 11 is 0. The first kappa shape index (κ1) is 19.2. The molecule has 2 rings (SSSR count). The second kappa shape index (κ2) is 9.36. The molecule has 0 radical (unpaired) electrons. The Morgan fingerprint density at radius 1 is 1.28 bits per heavy atom. The number of rotatable bonds is 7. The summed E-state index contributed by atoms with van der Waals surface area (Å²) in [4.78, 5) is 35.4. The number of hydrogen-bond donors (Lipinski definition) is 1. The molecule has 1 amide bonds. The summed E-state index contributed by atoms with van der Waals surface area (Å²) in [7, 11) is 2.97. The van der Waals surface area contributed by atoms with Crippen molar-refractivity contribution in [3.8, 4) is 0 Å². The van der Waals surface area contributed by atoms with E-state index in [0.717, 1.165) is 23.8 Å². The molecule has 7 nitrogen and oxygen atoms in total. The molecule has 1 heterocycles. The van der Waals surface area contributed by atoms with Crippen LogP contribution in [-0.4, -0.2) is 34.3 Å². The molecule has 0 atom stereocenters. The van der Waals surface area contributed by atoms with Gasteiger partial charge in [0.15, 0.2) is 0 Å². The highest BCUT2D eigenvalue weighted by atomic mass is 16.5. The van der Waals surface area contributed by atoms with E-state index in [-0.39, 0.29) is 5.91 Å². The van der Waals surface area contributed by atoms with Crippen molar-refractivity contribution in [1.29, 1.82) is 0 Å². The second-order valence-corrected chi connectivity index (χ2v) is 6.45. The van der Waals surface area contributed by atoms with Crippen LogP contribution in [0.3, 0.4) is 0 Å². The second-order valence-electron chi connectivity index (χ2n) is 6.45. The maximum Gasteiger partial charge on any atom is 0.330 e. The fourth-order valence-electron chi connectivity index (χ4n) is 2.94. The lowest BCUT2D eigenvalue weighted by molar-refractivity contribution is -0.116. The van der Waals surface area contributed by atoms with Gasteiger partial charge in [0.05, 0.1) is 11.7 Å². The van der Waals surface area contributed by atoms with Crippen LogP contribution in [0.15, 0.2) is 21.9 Å². The largest absolute Gasteiger partial charge is 0.378 e. The Labute approximate surface area is 147 Å². The Bertz CT molecular complexity index is 727. The Hall–Kier alpha value is -2.15. The van der Waals surface area contributed by atoms with E-state index in [1.807, 2.05) is 0 Å². The molecule has 1 fully saturated rings. The predicted molar refractivity (Wildman–Crippen MR) is 96.4 cm³/mol. The molecule has 1 saturated carbocycles. The van der Waals surface area contributed by atoms with E-state index in [4.69, 9.17) is 4.74 Å². The summed E-state index contributed by atoms with van der Waals surface area (Å²) < 4.78 is 8.12. The standard InChI is InChI=1S/C18H27N3O4/c1-20-13-14(17(23)21(2)18(20)24)9-10-16(22)19-11-6-12-25-15-7-4-3-5-8-15/h9-10,13,15H,3-8,11-12H2,1-2H3,(H,19,22)/b10-9+. The molecule has 0 bridgehead atoms. The summed E-state index contributed by atoms with van der Waals surface area (Å²) in [6.45, 7) is 1.18. The monoisotopic (exact) mass is 349 g/mol. The number of ether oxygens (including phenoxy) is 1. The zero-order chi connectivity index (χ0) is 18.2. The van der Waals surface area contributed by atoms with Crippen LogP contribution in [0.25, 0.3) is 6.08 Å². The third-order valence-corrected chi connectivity index (χ3v) is 4.41. The summed E-state index contributed by atoms with van der Waals surface area (Å²) in [6.07, 6.45) is 11.4. The molecular weight excluding hydrogens is 322 g/mol. The van der Waals surface area contributed by atoms with E-state index >= 15 is 0 Å². The van der Waals surface area contributed by atoms with Gasteiger partial charge < -0.3 is 14.6 Å². The highest BCUT2D eigenvalue weighted by molar-refractivity contribution is 5.91. The lowest BCUT2D eigenvalue weighted by Crippen LogP contribution is -2.37. The minimum Gasteiger partial charge on any atom is -0.378 e. The van der Waals surface area contributed by atoms with Gasteiger partial charge in [-0.2, -0.15) is 0 Å². The van der Waals surface area contributed by atoms with Gasteiger partial charge in [0.2, 0.25) is 5.91 Å². The Kier molecular flexibility index (Phi) is 7.18. The molecule has 0 saturated heterocycles. The number of nitrogens with one attached hydrogen (secondary N) is 1. The van der Waals surface area contributed by atoms with Gasteiger partial charge in [-0.05, 0) is 25.3 Å². The quantitative estimate of drug-likeness (QED) is 0.587. The van der Waals surface area contributed by atoms with Gasteiger partial charge in [0.25, 0.3) is 5.56 Å². The number of hydrogen-bond acceptors (Lipinski definition) is 4. The van der Waals surface area contributed by atoms with Gasteiger partial charge in [0, 0.05) is 39.5 Å². The Morgan fingerprint density at radius 2 is 2.00 bits per heavy atom. The molecule has 7 heteroatoms. The predicted octanol–water partition coefficient (Wildman–Crippen LogP) is 0.953. The maximum absolute atomic E-state index is 12.0. The number of carbonyl (C=O) groups is 1. The minimum atomic E-state index is -0.423. The molecule has 1 aromatic rings. The van der Waals surface area contributed by atoms with Gasteiger partial charge in [-0.25, -0.2) is 4.79 Å². The van der Waals surface area contributed by atoms with Crippen molar-refractivity contribution in [2.45, 2.75) is 44.6 Å². The van der Waals surface area contributed by atoms with E-state index in [1.165, 1.54) is 49.2 Å². The SMILES string of the molecule is Cn1cc(/C=C/C(=O)NCCCOC2CCCCC2)c(=O)n(C)c1=O. The molecule has 0 spiro atoms. The molecule has 0 aromatic carbocycles. The van der Waals surface area contributed by atoms with Crippen LogP contribution in [0.2, 0.25) is 0 Å². The van der Waals surface area contributed by atoms with Gasteiger partial charge >= 0.3 is 5.69 Å². The molecule has 138 valence electrons. The van der Waals surface area contributed by atoms with Crippen molar-refractivity contribution in [3.05, 3.63) is 38.7 Å². The fraction of sp³-hybridized carbons (Fsp3) is 0.611. The fourth-order valence-corrected chi connectivity index (χ4v) is 2.94. The number of amides is 1. The molecule has 1 N–H and O–H groups in total. The minimum absolute atomic E-state index is 0.270. The number of aromatic nitrogens is 2. The summed E-state index contributed by atoms with van der Waals surface area (Å²) in [5.74, 6) is -0.270. The van der Waals surface area contributed by atoms with E-state index < -0.39 is 11.2 Å². The van der Waals surface area contributed by atoms with Crippen LogP contribution in [-0.2, 0) is 23.6 Å². The zero-order valence-electron chi connectivity index (χ0n) is 15.0. The normalized spacial score (nSPS) is 15.6. The Balaban J connectivity index is 1.74. The van der Waals surface area contributed by atoms with Crippen LogP contribution < -0.4 is 16.6 Å². The van der Waals surface area contributed by atoms with Gasteiger partial charge in [0.1, 0.15) is 0 Å². The number of aryl methyl sites for hydroxylation is 1. The first-order chi connectivity index (χ1) is 12.0. The zero-order valence-corrected chi connectivity index (χ0v) is 15.0. The molecular formula is C18H27N3O4. The van der Waals surface area contributed by atoms with E-state index in [0.29, 0.717) is 24.8 Å². The average molecular weight is 349 g/mol. The summed E-state index contributed by atoms with van der Waals surface area (Å²) in [6, 6.07) is 0. The van der Waals surface area contributed by atoms with Gasteiger partial charge in [-0.1, -0.05) is 19.3 Å². The van der Waals surface area contributed by atoms with E-state index in [2.05, 4.69) is 5.32 Å². The third-order valence-electron chi connectivity index (χ3n) is 4.41. The van der Waals surface area contributed by atoms with Crippen molar-refractivity contribution < 1.29 is 9.53 Å².